The zero-order valence-electron chi connectivity index (χ0n) is 17.9. The maximum atomic E-state index is 4.73. The highest BCUT2D eigenvalue weighted by molar-refractivity contribution is 5.85. The third-order valence-electron chi connectivity index (χ3n) is 5.91. The van der Waals surface area contributed by atoms with E-state index in [1.54, 1.807) is 4.90 Å². The molecule has 1 fully saturated rings. The van der Waals surface area contributed by atoms with Gasteiger partial charge in [-0.2, -0.15) is 5.10 Å². The number of nitrogens with one attached hydrogen (secondary N) is 1. The van der Waals surface area contributed by atoms with Crippen LogP contribution in [0.25, 0.3) is 10.8 Å². The van der Waals surface area contributed by atoms with E-state index in [1.807, 2.05) is 6.21 Å². The first-order valence-corrected chi connectivity index (χ1v) is 10.7. The first kappa shape index (κ1) is 19.7. The van der Waals surface area contributed by atoms with E-state index in [1.165, 1.54) is 27.5 Å². The second kappa shape index (κ2) is 8.38. The average Bonchev–Trinajstić information content (AvgIpc) is 2.73. The van der Waals surface area contributed by atoms with E-state index in [4.69, 9.17) is 5.10 Å². The summed E-state index contributed by atoms with van der Waals surface area (Å²) >= 11 is 0. The summed E-state index contributed by atoms with van der Waals surface area (Å²) in [4.78, 5) is 1.64. The Labute approximate surface area is 174 Å². The first-order valence-electron chi connectivity index (χ1n) is 10.7. The number of rotatable bonds is 4. The van der Waals surface area contributed by atoms with Gasteiger partial charge in [0.1, 0.15) is 6.54 Å². The fraction of sp³-hybridized carbons (Fsp3) is 0.346. The van der Waals surface area contributed by atoms with Crippen molar-refractivity contribution in [2.24, 2.45) is 5.10 Å². The highest BCUT2D eigenvalue weighted by Gasteiger charge is 2.19. The Morgan fingerprint density at radius 3 is 2.31 bits per heavy atom. The summed E-state index contributed by atoms with van der Waals surface area (Å²) < 4.78 is 0. The molecule has 3 nitrogen and oxygen atoms in total. The number of quaternary nitrogens is 1. The number of hydrazone groups is 1. The average molecular weight is 387 g/mol. The smallest absolute Gasteiger partial charge is 0.104 e. The Morgan fingerprint density at radius 2 is 1.59 bits per heavy atom. The van der Waals surface area contributed by atoms with Gasteiger partial charge in [0.15, 0.2) is 0 Å². The Bertz CT molecular complexity index is 970. The van der Waals surface area contributed by atoms with Crippen molar-refractivity contribution in [2.45, 2.75) is 32.7 Å². The van der Waals surface area contributed by atoms with Crippen LogP contribution < -0.4 is 4.90 Å². The lowest BCUT2D eigenvalue weighted by Crippen LogP contribution is -3.13. The molecule has 1 aliphatic rings. The summed E-state index contributed by atoms with van der Waals surface area (Å²) in [5.41, 5.74) is 4.18. The van der Waals surface area contributed by atoms with Crippen LogP contribution >= 0.6 is 0 Å². The monoisotopic (exact) mass is 386 g/mol. The standard InChI is InChI=1S/C26H31N3/c1-26(2,3)24-13-11-21(12-14-24)19-27-29-17-15-28(16-18-29)20-23-9-6-8-22-7-4-5-10-25(22)23/h4-14,19H,15-18,20H2,1-3H3/p+1/b27-19-. The number of hydrogen-bond donors (Lipinski definition) is 1. The number of fused-ring (bicyclic) bond motifs is 1. The van der Waals surface area contributed by atoms with Crippen LogP contribution in [0.2, 0.25) is 0 Å². The molecule has 150 valence electrons. The second-order valence-electron chi connectivity index (χ2n) is 9.14. The van der Waals surface area contributed by atoms with E-state index < -0.39 is 0 Å². The van der Waals surface area contributed by atoms with Crippen molar-refractivity contribution < 1.29 is 4.90 Å². The van der Waals surface area contributed by atoms with Crippen LogP contribution in [-0.4, -0.2) is 37.4 Å². The van der Waals surface area contributed by atoms with Gasteiger partial charge in [-0.25, -0.2) is 0 Å². The molecule has 0 amide bonds. The fourth-order valence-corrected chi connectivity index (χ4v) is 4.04. The van der Waals surface area contributed by atoms with Crippen LogP contribution in [0.5, 0.6) is 0 Å². The molecule has 1 N–H and O–H groups in total. The van der Waals surface area contributed by atoms with E-state index in [9.17, 15) is 0 Å². The number of benzene rings is 3. The molecule has 1 saturated heterocycles. The highest BCUT2D eigenvalue weighted by Crippen LogP contribution is 2.22. The van der Waals surface area contributed by atoms with E-state index in [0.717, 1.165) is 32.7 Å². The Kier molecular flexibility index (Phi) is 5.68. The Balaban J connectivity index is 1.33. The molecule has 3 aromatic carbocycles. The normalized spacial score (nSPS) is 16.0. The molecule has 0 aromatic heterocycles. The van der Waals surface area contributed by atoms with E-state index in [-0.39, 0.29) is 5.41 Å². The van der Waals surface area contributed by atoms with Gasteiger partial charge < -0.3 is 4.90 Å². The van der Waals surface area contributed by atoms with Crippen LogP contribution in [0.4, 0.5) is 0 Å². The van der Waals surface area contributed by atoms with Gasteiger partial charge in [0, 0.05) is 5.56 Å². The summed E-state index contributed by atoms with van der Waals surface area (Å²) in [5.74, 6) is 0. The second-order valence-corrected chi connectivity index (χ2v) is 9.14. The van der Waals surface area contributed by atoms with Crippen molar-refractivity contribution in [3.05, 3.63) is 83.4 Å². The summed E-state index contributed by atoms with van der Waals surface area (Å²) in [6.07, 6.45) is 2.00. The molecule has 0 atom stereocenters. The molecule has 0 unspecified atom stereocenters. The SMILES string of the molecule is CC(C)(C)c1ccc(/C=N\N2CC[NH+](Cc3cccc4ccccc34)CC2)cc1. The summed E-state index contributed by atoms with van der Waals surface area (Å²) in [6.45, 7) is 12.1. The van der Waals surface area contributed by atoms with E-state index in [0.29, 0.717) is 0 Å². The lowest BCUT2D eigenvalue weighted by Gasteiger charge is -2.30. The predicted molar refractivity (Wildman–Crippen MR) is 123 cm³/mol. The maximum absolute atomic E-state index is 4.73. The minimum Gasteiger partial charge on any atom is -0.328 e. The van der Waals surface area contributed by atoms with Crippen molar-refractivity contribution in [2.75, 3.05) is 26.2 Å². The minimum atomic E-state index is 0.193. The molecule has 4 rings (SSSR count). The molecule has 1 heterocycles. The van der Waals surface area contributed by atoms with Crippen molar-refractivity contribution in [1.82, 2.24) is 5.01 Å². The first-order chi connectivity index (χ1) is 14.0. The topological polar surface area (TPSA) is 20.0 Å². The largest absolute Gasteiger partial charge is 0.328 e. The molecule has 0 spiro atoms. The number of nitrogens with zero attached hydrogens (tertiary/aromatic N) is 2. The van der Waals surface area contributed by atoms with E-state index >= 15 is 0 Å². The van der Waals surface area contributed by atoms with Gasteiger partial charge in [-0.15, -0.1) is 0 Å². The molecule has 0 bridgehead atoms. The van der Waals surface area contributed by atoms with Crippen molar-refractivity contribution in [3.8, 4) is 0 Å². The fourth-order valence-electron chi connectivity index (χ4n) is 4.04. The van der Waals surface area contributed by atoms with Gasteiger partial charge in [0.2, 0.25) is 0 Å². The van der Waals surface area contributed by atoms with Gasteiger partial charge >= 0.3 is 0 Å². The molecule has 0 saturated carbocycles. The van der Waals surface area contributed by atoms with Crippen molar-refractivity contribution in [1.29, 1.82) is 0 Å². The van der Waals surface area contributed by atoms with Crippen LogP contribution in [-0.2, 0) is 12.0 Å². The lowest BCUT2D eigenvalue weighted by atomic mass is 9.87. The van der Waals surface area contributed by atoms with Crippen molar-refractivity contribution in [3.63, 3.8) is 0 Å². The van der Waals surface area contributed by atoms with Crippen LogP contribution in [0.15, 0.2) is 71.8 Å². The Hall–Kier alpha value is -2.65. The molecule has 0 aliphatic carbocycles. The summed E-state index contributed by atoms with van der Waals surface area (Å²) in [6, 6.07) is 24.1. The van der Waals surface area contributed by atoms with Crippen LogP contribution in [0, 0.1) is 0 Å². The summed E-state index contributed by atoms with van der Waals surface area (Å²) in [5, 5.41) is 9.67. The number of hydrogen-bond acceptors (Lipinski definition) is 2. The quantitative estimate of drug-likeness (QED) is 0.675. The third kappa shape index (κ3) is 4.86. The highest BCUT2D eigenvalue weighted by atomic mass is 15.5. The van der Waals surface area contributed by atoms with Gasteiger partial charge in [-0.1, -0.05) is 87.5 Å². The van der Waals surface area contributed by atoms with Crippen molar-refractivity contribution >= 4 is 17.0 Å². The number of piperazine rings is 1. The maximum Gasteiger partial charge on any atom is 0.104 e. The zero-order chi connectivity index (χ0) is 20.3. The van der Waals surface area contributed by atoms with Gasteiger partial charge in [-0.05, 0) is 27.3 Å². The Morgan fingerprint density at radius 1 is 0.897 bits per heavy atom. The minimum absolute atomic E-state index is 0.193. The predicted octanol–water partition coefficient (Wildman–Crippen LogP) is 3.87. The third-order valence-corrected chi connectivity index (χ3v) is 5.91. The van der Waals surface area contributed by atoms with Gasteiger partial charge in [0.25, 0.3) is 0 Å². The van der Waals surface area contributed by atoms with Crippen LogP contribution in [0.1, 0.15) is 37.5 Å². The molecular weight excluding hydrogens is 354 g/mol. The molecule has 29 heavy (non-hydrogen) atoms. The van der Waals surface area contributed by atoms with E-state index in [2.05, 4.69) is 92.5 Å². The molecular formula is C26H32N3+. The van der Waals surface area contributed by atoms with Gasteiger partial charge in [0.05, 0.1) is 32.4 Å². The molecule has 3 heteroatoms. The molecule has 3 aromatic rings. The molecule has 1 aliphatic heterocycles. The molecule has 0 radical (unpaired) electrons. The zero-order valence-corrected chi connectivity index (χ0v) is 17.9. The van der Waals surface area contributed by atoms with Crippen LogP contribution in [0.3, 0.4) is 0 Å². The lowest BCUT2D eigenvalue weighted by molar-refractivity contribution is -0.918. The summed E-state index contributed by atoms with van der Waals surface area (Å²) in [7, 11) is 0. The van der Waals surface area contributed by atoms with Gasteiger partial charge in [-0.3, -0.25) is 5.01 Å².